The Morgan fingerprint density at radius 3 is 2.33 bits per heavy atom. The third-order valence-corrected chi connectivity index (χ3v) is 4.01. The summed E-state index contributed by atoms with van der Waals surface area (Å²) in [6.07, 6.45) is 2.25. The zero-order chi connectivity index (χ0) is 12.8. The summed E-state index contributed by atoms with van der Waals surface area (Å²) in [5, 5.41) is 0. The first-order chi connectivity index (χ1) is 8.79. The van der Waals surface area contributed by atoms with Crippen molar-refractivity contribution in [3.05, 3.63) is 70.2 Å². The summed E-state index contributed by atoms with van der Waals surface area (Å²) < 4.78 is 1.11. The van der Waals surface area contributed by atoms with Gasteiger partial charge in [-0.25, -0.2) is 0 Å². The predicted molar refractivity (Wildman–Crippen MR) is 86.6 cm³/mol. The maximum Gasteiger partial charge on any atom is 0.0175 e. The summed E-state index contributed by atoms with van der Waals surface area (Å²) in [5.74, 6) is 1.08. The van der Waals surface area contributed by atoms with E-state index in [1.165, 1.54) is 16.0 Å². The van der Waals surface area contributed by atoms with Crippen LogP contribution in [0.3, 0.4) is 0 Å². The summed E-state index contributed by atoms with van der Waals surface area (Å²) in [5.41, 5.74) is 2.52. The summed E-state index contributed by atoms with van der Waals surface area (Å²) in [6, 6.07) is 18.9. The topological polar surface area (TPSA) is 0 Å². The maximum atomic E-state index is 3.46. The van der Waals surface area contributed by atoms with E-state index in [4.69, 9.17) is 0 Å². The molecule has 0 heterocycles. The molecule has 0 saturated carbocycles. The molecule has 92 valence electrons. The largest absolute Gasteiger partial charge is 0.126 e. The van der Waals surface area contributed by atoms with Gasteiger partial charge in [0.15, 0.2) is 0 Å². The highest BCUT2D eigenvalue weighted by Gasteiger charge is 2.01. The van der Waals surface area contributed by atoms with Crippen LogP contribution in [-0.2, 0) is 0 Å². The molecule has 0 aromatic heterocycles. The molecule has 0 aliphatic heterocycles. The second kappa shape index (κ2) is 6.81. The normalized spacial score (nSPS) is 11.6. The highest BCUT2D eigenvalue weighted by molar-refractivity contribution is 9.10. The van der Waals surface area contributed by atoms with Gasteiger partial charge < -0.3 is 0 Å². The van der Waals surface area contributed by atoms with E-state index in [0.717, 1.165) is 10.2 Å². The minimum absolute atomic E-state index is 1.08. The molecule has 2 heteroatoms. The molecule has 2 aromatic rings. The minimum Gasteiger partial charge on any atom is -0.126 e. The van der Waals surface area contributed by atoms with Crippen molar-refractivity contribution in [3.8, 4) is 0 Å². The van der Waals surface area contributed by atoms with Gasteiger partial charge in [-0.2, -0.15) is 0 Å². The highest BCUT2D eigenvalue weighted by atomic mass is 79.9. The summed E-state index contributed by atoms with van der Waals surface area (Å²) in [4.78, 5) is 1.32. The van der Waals surface area contributed by atoms with Crippen molar-refractivity contribution < 1.29 is 0 Å². The highest BCUT2D eigenvalue weighted by Crippen LogP contribution is 2.29. The molecule has 0 nitrogen and oxygen atoms in total. The first-order valence-corrected chi connectivity index (χ1v) is 7.73. The summed E-state index contributed by atoms with van der Waals surface area (Å²) in [6.45, 7) is 2.18. The minimum atomic E-state index is 1.08. The van der Waals surface area contributed by atoms with E-state index >= 15 is 0 Å². The fourth-order valence-electron chi connectivity index (χ4n) is 1.68. The number of hydrogen-bond acceptors (Lipinski definition) is 1. The summed E-state index contributed by atoms with van der Waals surface area (Å²) >= 11 is 5.34. The summed E-state index contributed by atoms with van der Waals surface area (Å²) in [7, 11) is 0. The molecule has 0 radical (unpaired) electrons. The van der Waals surface area contributed by atoms with Crippen LogP contribution < -0.4 is 0 Å². The van der Waals surface area contributed by atoms with Crippen molar-refractivity contribution >= 4 is 38.7 Å². The molecule has 0 spiro atoms. The Labute approximate surface area is 121 Å². The second-order valence-electron chi connectivity index (χ2n) is 3.86. The van der Waals surface area contributed by atoms with Crippen LogP contribution in [0.4, 0.5) is 0 Å². The molecule has 0 fully saturated rings. The van der Waals surface area contributed by atoms with Gasteiger partial charge in [-0.15, -0.1) is 11.8 Å². The van der Waals surface area contributed by atoms with E-state index in [0.29, 0.717) is 0 Å². The lowest BCUT2D eigenvalue weighted by Crippen LogP contribution is -1.81. The molecule has 0 aliphatic carbocycles. The van der Waals surface area contributed by atoms with Crippen LogP contribution in [-0.4, -0.2) is 5.75 Å². The Balaban J connectivity index is 2.33. The van der Waals surface area contributed by atoms with Gasteiger partial charge in [0.05, 0.1) is 0 Å². The number of thioether (sulfide) groups is 1. The molecule has 0 N–H and O–H groups in total. The fourth-order valence-corrected chi connectivity index (χ4v) is 2.77. The molecular formula is C16H15BrS. The van der Waals surface area contributed by atoms with E-state index in [2.05, 4.69) is 83.5 Å². The Kier molecular flexibility index (Phi) is 5.09. The average molecular weight is 319 g/mol. The fraction of sp³-hybridized carbons (Fsp3) is 0.125. The van der Waals surface area contributed by atoms with Gasteiger partial charge in [0.2, 0.25) is 0 Å². The van der Waals surface area contributed by atoms with Gasteiger partial charge in [0, 0.05) is 9.38 Å². The van der Waals surface area contributed by atoms with Gasteiger partial charge >= 0.3 is 0 Å². The van der Waals surface area contributed by atoms with Gasteiger partial charge in [-0.3, -0.25) is 0 Å². The molecule has 0 unspecified atom stereocenters. The van der Waals surface area contributed by atoms with Gasteiger partial charge in [-0.1, -0.05) is 65.3 Å². The molecule has 0 atom stereocenters. The monoisotopic (exact) mass is 318 g/mol. The van der Waals surface area contributed by atoms with E-state index in [1.54, 1.807) is 0 Å². The number of hydrogen-bond donors (Lipinski definition) is 0. The number of benzene rings is 2. The number of rotatable bonds is 4. The molecule has 18 heavy (non-hydrogen) atoms. The molecule has 0 amide bonds. The van der Waals surface area contributed by atoms with E-state index in [1.807, 2.05) is 11.8 Å². The van der Waals surface area contributed by atoms with Crippen molar-refractivity contribution in [1.29, 1.82) is 0 Å². The van der Waals surface area contributed by atoms with Crippen molar-refractivity contribution in [1.82, 2.24) is 0 Å². The molecule has 0 bridgehead atoms. The maximum absolute atomic E-state index is 3.46. The third-order valence-electron chi connectivity index (χ3n) is 2.53. The van der Waals surface area contributed by atoms with Crippen molar-refractivity contribution in [3.63, 3.8) is 0 Å². The SMILES string of the molecule is CCS/C(=C\c1ccc(Br)cc1)c1ccccc1. The molecule has 2 rings (SSSR count). The van der Waals surface area contributed by atoms with Crippen molar-refractivity contribution in [2.45, 2.75) is 6.92 Å². The lowest BCUT2D eigenvalue weighted by Gasteiger charge is -2.06. The smallest absolute Gasteiger partial charge is 0.0175 e. The average Bonchev–Trinajstić information content (AvgIpc) is 2.42. The van der Waals surface area contributed by atoms with Crippen LogP contribution in [0.5, 0.6) is 0 Å². The Hall–Kier alpha value is -0.990. The van der Waals surface area contributed by atoms with Crippen LogP contribution in [0, 0.1) is 0 Å². The van der Waals surface area contributed by atoms with Gasteiger partial charge in [-0.05, 0) is 35.1 Å². The van der Waals surface area contributed by atoms with E-state index in [9.17, 15) is 0 Å². The zero-order valence-electron chi connectivity index (χ0n) is 10.3. The second-order valence-corrected chi connectivity index (χ2v) is 6.08. The predicted octanol–water partition coefficient (Wildman–Crippen LogP) is 5.70. The first-order valence-electron chi connectivity index (χ1n) is 5.95. The lowest BCUT2D eigenvalue weighted by molar-refractivity contribution is 1.53. The Bertz CT molecular complexity index is 515. The van der Waals surface area contributed by atoms with Crippen LogP contribution in [0.2, 0.25) is 0 Å². The Morgan fingerprint density at radius 1 is 1.06 bits per heavy atom. The van der Waals surface area contributed by atoms with Gasteiger partial charge in [0.25, 0.3) is 0 Å². The molecule has 0 saturated heterocycles. The molecule has 0 aliphatic rings. The van der Waals surface area contributed by atoms with Gasteiger partial charge in [0.1, 0.15) is 0 Å². The van der Waals surface area contributed by atoms with Crippen LogP contribution in [0.1, 0.15) is 18.1 Å². The Morgan fingerprint density at radius 2 is 1.72 bits per heavy atom. The number of halogens is 1. The molecule has 2 aromatic carbocycles. The van der Waals surface area contributed by atoms with Crippen LogP contribution in [0.25, 0.3) is 11.0 Å². The molecular weight excluding hydrogens is 304 g/mol. The third kappa shape index (κ3) is 3.76. The van der Waals surface area contributed by atoms with Crippen molar-refractivity contribution in [2.24, 2.45) is 0 Å². The first kappa shape index (κ1) is 13.4. The van der Waals surface area contributed by atoms with Crippen LogP contribution >= 0.6 is 27.7 Å². The van der Waals surface area contributed by atoms with E-state index < -0.39 is 0 Å². The standard InChI is InChI=1S/C16H15BrS/c1-2-18-16(14-6-4-3-5-7-14)12-13-8-10-15(17)11-9-13/h3-12H,2H2,1H3/b16-12-. The lowest BCUT2D eigenvalue weighted by atomic mass is 10.1. The van der Waals surface area contributed by atoms with Crippen molar-refractivity contribution in [2.75, 3.05) is 5.75 Å². The quantitative estimate of drug-likeness (QED) is 0.651. The van der Waals surface area contributed by atoms with Crippen LogP contribution in [0.15, 0.2) is 59.1 Å². The van der Waals surface area contributed by atoms with E-state index in [-0.39, 0.29) is 0 Å². The zero-order valence-corrected chi connectivity index (χ0v) is 12.7.